The third kappa shape index (κ3) is 4.30. The number of benzene rings is 1. The number of hydrogen-bond acceptors (Lipinski definition) is 4. The highest BCUT2D eigenvalue weighted by Gasteiger charge is 2.25. The number of amides is 1. The van der Waals surface area contributed by atoms with E-state index in [1.54, 1.807) is 0 Å². The molecule has 0 saturated carbocycles. The molecule has 0 spiro atoms. The fourth-order valence-corrected chi connectivity index (χ4v) is 2.54. The van der Waals surface area contributed by atoms with Crippen LogP contribution >= 0.6 is 0 Å². The Balaban J connectivity index is 2.13. The molecule has 0 aromatic heterocycles. The van der Waals surface area contributed by atoms with Crippen molar-refractivity contribution in [3.05, 3.63) is 18.2 Å². The molecular weight excluding hydrogens is 294 g/mol. The second-order valence-electron chi connectivity index (χ2n) is 5.31. The van der Waals surface area contributed by atoms with E-state index in [0.29, 0.717) is 18.6 Å². The lowest BCUT2D eigenvalue weighted by atomic mass is 9.92. The van der Waals surface area contributed by atoms with Crippen LogP contribution in [0.3, 0.4) is 0 Å². The molecule has 1 aliphatic rings. The van der Waals surface area contributed by atoms with Crippen LogP contribution in [0.1, 0.15) is 19.8 Å². The van der Waals surface area contributed by atoms with Crippen LogP contribution in [-0.2, 0) is 4.79 Å². The van der Waals surface area contributed by atoms with E-state index in [2.05, 4.69) is 15.4 Å². The Morgan fingerprint density at radius 3 is 2.86 bits per heavy atom. The van der Waals surface area contributed by atoms with E-state index in [0.717, 1.165) is 6.54 Å². The van der Waals surface area contributed by atoms with Crippen molar-refractivity contribution in [2.24, 2.45) is 5.92 Å². The molecule has 2 N–H and O–H groups in total. The molecule has 0 bridgehead atoms. The predicted molar refractivity (Wildman–Crippen MR) is 78.4 cm³/mol. The Bertz CT molecular complexity index is 526. The van der Waals surface area contributed by atoms with E-state index < -0.39 is 6.61 Å². The molecular formula is C15H20F2N2O3. The van der Waals surface area contributed by atoms with E-state index in [1.807, 2.05) is 6.92 Å². The summed E-state index contributed by atoms with van der Waals surface area (Å²) in [5.74, 6) is 0.0318. The predicted octanol–water partition coefficient (Wildman–Crippen LogP) is 2.62. The maximum atomic E-state index is 12.5. The molecule has 0 aliphatic carbocycles. The summed E-state index contributed by atoms with van der Waals surface area (Å²) < 4.78 is 34.4. The molecule has 22 heavy (non-hydrogen) atoms. The molecule has 122 valence electrons. The van der Waals surface area contributed by atoms with Gasteiger partial charge in [-0.1, -0.05) is 0 Å². The van der Waals surface area contributed by atoms with E-state index >= 15 is 0 Å². The summed E-state index contributed by atoms with van der Waals surface area (Å²) in [5.41, 5.74) is 0.191. The van der Waals surface area contributed by atoms with E-state index in [1.165, 1.54) is 25.3 Å². The van der Waals surface area contributed by atoms with Gasteiger partial charge in [0.2, 0.25) is 5.91 Å². The number of methoxy groups -OCH3 is 1. The van der Waals surface area contributed by atoms with Crippen LogP contribution in [0.5, 0.6) is 11.5 Å². The summed E-state index contributed by atoms with van der Waals surface area (Å²) in [7, 11) is 1.46. The van der Waals surface area contributed by atoms with Crippen molar-refractivity contribution in [3.63, 3.8) is 0 Å². The van der Waals surface area contributed by atoms with Crippen LogP contribution in [0, 0.1) is 5.92 Å². The van der Waals surface area contributed by atoms with E-state index in [4.69, 9.17) is 4.74 Å². The number of hydrogen-bond donors (Lipinski definition) is 2. The molecule has 2 atom stereocenters. The highest BCUT2D eigenvalue weighted by molar-refractivity contribution is 5.94. The van der Waals surface area contributed by atoms with Crippen molar-refractivity contribution >= 4 is 11.6 Å². The second-order valence-corrected chi connectivity index (χ2v) is 5.31. The Hall–Kier alpha value is -1.89. The summed E-state index contributed by atoms with van der Waals surface area (Å²) in [5, 5.41) is 5.94. The molecule has 1 amide bonds. The van der Waals surface area contributed by atoms with Gasteiger partial charge >= 0.3 is 6.61 Å². The van der Waals surface area contributed by atoms with Crippen molar-refractivity contribution < 1.29 is 23.0 Å². The Morgan fingerprint density at radius 1 is 1.45 bits per heavy atom. The number of ether oxygens (including phenoxy) is 2. The number of carbonyl (C=O) groups excluding carboxylic acids is 1. The van der Waals surface area contributed by atoms with Crippen LogP contribution in [-0.4, -0.2) is 32.2 Å². The van der Waals surface area contributed by atoms with Gasteiger partial charge in [0, 0.05) is 18.0 Å². The standard InChI is InChI=1S/C15H20F2N2O3/c1-9-7-10(5-6-18-9)14(20)19-12-8-11(21-2)3-4-13(12)22-15(16)17/h3-4,8-10,15,18H,5-7H2,1-2H3,(H,19,20)/t9-,10-/m0/s1. The van der Waals surface area contributed by atoms with Gasteiger partial charge in [0.1, 0.15) is 11.5 Å². The number of nitrogens with one attached hydrogen (secondary N) is 2. The van der Waals surface area contributed by atoms with Gasteiger partial charge in [-0.05, 0) is 38.4 Å². The van der Waals surface area contributed by atoms with Gasteiger partial charge in [-0.2, -0.15) is 8.78 Å². The molecule has 1 aromatic rings. The lowest BCUT2D eigenvalue weighted by molar-refractivity contribution is -0.121. The highest BCUT2D eigenvalue weighted by Crippen LogP contribution is 2.31. The van der Waals surface area contributed by atoms with E-state index in [9.17, 15) is 13.6 Å². The van der Waals surface area contributed by atoms with Gasteiger partial charge in [-0.3, -0.25) is 4.79 Å². The van der Waals surface area contributed by atoms with Crippen molar-refractivity contribution in [1.29, 1.82) is 0 Å². The third-order valence-corrected chi connectivity index (χ3v) is 3.66. The van der Waals surface area contributed by atoms with Gasteiger partial charge in [0.25, 0.3) is 0 Å². The van der Waals surface area contributed by atoms with Gasteiger partial charge in [0.05, 0.1) is 12.8 Å². The fraction of sp³-hybridized carbons (Fsp3) is 0.533. The fourth-order valence-electron chi connectivity index (χ4n) is 2.54. The van der Waals surface area contributed by atoms with Crippen molar-refractivity contribution in [1.82, 2.24) is 5.32 Å². The minimum Gasteiger partial charge on any atom is -0.497 e. The second kappa shape index (κ2) is 7.40. The van der Waals surface area contributed by atoms with Crippen LogP contribution in [0.4, 0.5) is 14.5 Å². The number of rotatable bonds is 5. The van der Waals surface area contributed by atoms with Crippen LogP contribution in [0.2, 0.25) is 0 Å². The Kier molecular flexibility index (Phi) is 5.54. The number of anilines is 1. The third-order valence-electron chi connectivity index (χ3n) is 3.66. The molecule has 1 fully saturated rings. The summed E-state index contributed by atoms with van der Waals surface area (Å²) in [6.45, 7) is -0.184. The first kappa shape index (κ1) is 16.5. The molecule has 1 aromatic carbocycles. The molecule has 1 saturated heterocycles. The number of alkyl halides is 2. The average molecular weight is 314 g/mol. The highest BCUT2D eigenvalue weighted by atomic mass is 19.3. The molecule has 0 radical (unpaired) electrons. The van der Waals surface area contributed by atoms with Crippen LogP contribution in [0.25, 0.3) is 0 Å². The smallest absolute Gasteiger partial charge is 0.387 e. The molecule has 0 unspecified atom stereocenters. The summed E-state index contributed by atoms with van der Waals surface area (Å²) in [4.78, 5) is 12.3. The lowest BCUT2D eigenvalue weighted by Crippen LogP contribution is -2.40. The first-order valence-corrected chi connectivity index (χ1v) is 7.16. The number of carbonyl (C=O) groups is 1. The first-order valence-electron chi connectivity index (χ1n) is 7.16. The zero-order valence-corrected chi connectivity index (χ0v) is 12.6. The Labute approximate surface area is 128 Å². The normalized spacial score (nSPS) is 21.5. The van der Waals surface area contributed by atoms with Crippen molar-refractivity contribution in [2.75, 3.05) is 19.0 Å². The summed E-state index contributed by atoms with van der Waals surface area (Å²) in [6, 6.07) is 4.58. The van der Waals surface area contributed by atoms with Gasteiger partial charge < -0.3 is 20.1 Å². The van der Waals surface area contributed by atoms with E-state index in [-0.39, 0.29) is 29.3 Å². The first-order chi connectivity index (χ1) is 10.5. The molecule has 1 heterocycles. The largest absolute Gasteiger partial charge is 0.497 e. The van der Waals surface area contributed by atoms with Gasteiger partial charge in [-0.15, -0.1) is 0 Å². The van der Waals surface area contributed by atoms with Crippen molar-refractivity contribution in [3.8, 4) is 11.5 Å². The number of halogens is 2. The van der Waals surface area contributed by atoms with Gasteiger partial charge in [-0.25, -0.2) is 0 Å². The maximum absolute atomic E-state index is 12.5. The number of piperidine rings is 1. The van der Waals surface area contributed by atoms with Gasteiger partial charge in [0.15, 0.2) is 0 Å². The topological polar surface area (TPSA) is 59.6 Å². The Morgan fingerprint density at radius 2 is 2.23 bits per heavy atom. The monoisotopic (exact) mass is 314 g/mol. The van der Waals surface area contributed by atoms with Crippen LogP contribution in [0.15, 0.2) is 18.2 Å². The zero-order chi connectivity index (χ0) is 16.1. The molecule has 2 rings (SSSR count). The molecule has 7 heteroatoms. The minimum absolute atomic E-state index is 0.0777. The quantitative estimate of drug-likeness (QED) is 0.877. The minimum atomic E-state index is -2.96. The zero-order valence-electron chi connectivity index (χ0n) is 12.6. The van der Waals surface area contributed by atoms with Crippen molar-refractivity contribution in [2.45, 2.75) is 32.4 Å². The maximum Gasteiger partial charge on any atom is 0.387 e. The molecule has 5 nitrogen and oxygen atoms in total. The SMILES string of the molecule is COc1ccc(OC(F)F)c(NC(=O)[C@H]2CCN[C@@H](C)C2)c1. The molecule has 1 aliphatic heterocycles. The lowest BCUT2D eigenvalue weighted by Gasteiger charge is -2.27. The summed E-state index contributed by atoms with van der Waals surface area (Å²) >= 11 is 0. The summed E-state index contributed by atoms with van der Waals surface area (Å²) in [6.07, 6.45) is 1.42. The van der Waals surface area contributed by atoms with Crippen LogP contribution < -0.4 is 20.1 Å². The average Bonchev–Trinajstić information content (AvgIpc) is 2.48.